The first-order valence-electron chi connectivity index (χ1n) is 7.21. The van der Waals surface area contributed by atoms with Crippen molar-refractivity contribution in [2.45, 2.75) is 39.2 Å². The van der Waals surface area contributed by atoms with Gasteiger partial charge in [0, 0.05) is 11.6 Å². The molecule has 0 spiro atoms. The molecule has 3 nitrogen and oxygen atoms in total. The zero-order valence-corrected chi connectivity index (χ0v) is 12.1. The van der Waals surface area contributed by atoms with Crippen LogP contribution in [0.3, 0.4) is 0 Å². The Bertz CT molecular complexity index is 483. The van der Waals surface area contributed by atoms with Crippen molar-refractivity contribution in [1.82, 2.24) is 0 Å². The van der Waals surface area contributed by atoms with E-state index in [9.17, 15) is 4.79 Å². The van der Waals surface area contributed by atoms with Crippen molar-refractivity contribution < 1.29 is 14.6 Å². The number of aliphatic carboxylic acids is 1. The molecule has 20 heavy (non-hydrogen) atoms. The summed E-state index contributed by atoms with van der Waals surface area (Å²) in [7, 11) is 0. The maximum absolute atomic E-state index is 10.6. The summed E-state index contributed by atoms with van der Waals surface area (Å²) in [5.74, 6) is 1.20. The second-order valence-corrected chi connectivity index (χ2v) is 5.87. The molecule has 1 fully saturated rings. The van der Waals surface area contributed by atoms with Gasteiger partial charge in [-0.3, -0.25) is 0 Å². The maximum atomic E-state index is 10.6. The highest BCUT2D eigenvalue weighted by atomic mass is 16.5. The fourth-order valence-corrected chi connectivity index (χ4v) is 3.04. The second-order valence-electron chi connectivity index (χ2n) is 5.87. The van der Waals surface area contributed by atoms with Crippen LogP contribution in [-0.4, -0.2) is 17.2 Å². The third-order valence-corrected chi connectivity index (χ3v) is 3.75. The van der Waals surface area contributed by atoms with Crippen molar-refractivity contribution in [3.63, 3.8) is 0 Å². The zero-order chi connectivity index (χ0) is 14.5. The summed E-state index contributed by atoms with van der Waals surface area (Å²) in [6.07, 6.45) is 6.37. The Morgan fingerprint density at radius 3 is 2.50 bits per heavy atom. The molecule has 1 saturated carbocycles. The maximum Gasteiger partial charge on any atom is 0.328 e. The average Bonchev–Trinajstić information content (AvgIpc) is 2.36. The number of carboxylic acids is 1. The van der Waals surface area contributed by atoms with Crippen molar-refractivity contribution in [3.8, 4) is 5.75 Å². The largest absolute Gasteiger partial charge is 0.490 e. The average molecular weight is 274 g/mol. The predicted octanol–water partition coefficient (Wildman–Crippen LogP) is 3.99. The van der Waals surface area contributed by atoms with Gasteiger partial charge in [-0.05, 0) is 43.2 Å². The van der Waals surface area contributed by atoms with Crippen LogP contribution >= 0.6 is 0 Å². The molecule has 1 aromatic carbocycles. The Morgan fingerprint density at radius 1 is 1.20 bits per heavy atom. The lowest BCUT2D eigenvalue weighted by molar-refractivity contribution is -0.131. The molecule has 0 bridgehead atoms. The van der Waals surface area contributed by atoms with Crippen molar-refractivity contribution in [2.24, 2.45) is 11.8 Å². The molecule has 0 radical (unpaired) electrons. The third kappa shape index (κ3) is 4.12. The zero-order valence-electron chi connectivity index (χ0n) is 12.1. The van der Waals surface area contributed by atoms with E-state index in [-0.39, 0.29) is 6.10 Å². The molecule has 1 aromatic rings. The lowest BCUT2D eigenvalue weighted by Gasteiger charge is -2.32. The van der Waals surface area contributed by atoms with Crippen molar-refractivity contribution in [3.05, 3.63) is 35.9 Å². The number of ether oxygens (including phenoxy) is 1. The van der Waals surface area contributed by atoms with Crippen LogP contribution in [0.1, 0.15) is 38.7 Å². The van der Waals surface area contributed by atoms with Gasteiger partial charge in [0.2, 0.25) is 0 Å². The summed E-state index contributed by atoms with van der Waals surface area (Å²) >= 11 is 0. The highest BCUT2D eigenvalue weighted by Gasteiger charge is 2.25. The number of benzene rings is 1. The van der Waals surface area contributed by atoms with Crippen molar-refractivity contribution in [2.75, 3.05) is 0 Å². The van der Waals surface area contributed by atoms with Gasteiger partial charge in [0.25, 0.3) is 0 Å². The first-order valence-corrected chi connectivity index (χ1v) is 7.21. The lowest BCUT2D eigenvalue weighted by atomic mass is 9.82. The van der Waals surface area contributed by atoms with Gasteiger partial charge in [0.15, 0.2) is 0 Å². The van der Waals surface area contributed by atoms with Crippen LogP contribution < -0.4 is 4.74 Å². The van der Waals surface area contributed by atoms with Gasteiger partial charge in [0.1, 0.15) is 5.75 Å². The van der Waals surface area contributed by atoms with Crippen LogP contribution in [-0.2, 0) is 4.79 Å². The molecule has 1 aliphatic rings. The molecule has 0 heterocycles. The molecule has 0 aliphatic heterocycles. The number of para-hydroxylation sites is 1. The van der Waals surface area contributed by atoms with Gasteiger partial charge >= 0.3 is 5.97 Å². The molecule has 2 rings (SSSR count). The number of carboxylic acid groups (broad SMARTS) is 1. The van der Waals surface area contributed by atoms with Gasteiger partial charge in [-0.25, -0.2) is 4.79 Å². The summed E-state index contributed by atoms with van der Waals surface area (Å²) in [6.45, 7) is 4.53. The highest BCUT2D eigenvalue weighted by molar-refractivity contribution is 5.85. The quantitative estimate of drug-likeness (QED) is 0.844. The number of hydrogen-bond acceptors (Lipinski definition) is 2. The Hall–Kier alpha value is -1.77. The summed E-state index contributed by atoms with van der Waals surface area (Å²) < 4.78 is 6.12. The predicted molar refractivity (Wildman–Crippen MR) is 79.7 cm³/mol. The Balaban J connectivity index is 2.10. The SMILES string of the molecule is CC1CC(C)CC(Oc2ccccc2C=CC(=O)O)C1. The van der Waals surface area contributed by atoms with Gasteiger partial charge in [-0.2, -0.15) is 0 Å². The molecular formula is C17H22O3. The summed E-state index contributed by atoms with van der Waals surface area (Å²) in [5, 5.41) is 8.73. The van der Waals surface area contributed by atoms with E-state index >= 15 is 0 Å². The first-order chi connectivity index (χ1) is 9.54. The number of hydrogen-bond donors (Lipinski definition) is 1. The topological polar surface area (TPSA) is 46.5 Å². The van der Waals surface area contributed by atoms with Crippen LogP contribution in [0.2, 0.25) is 0 Å². The fraction of sp³-hybridized carbons (Fsp3) is 0.471. The van der Waals surface area contributed by atoms with E-state index in [0.29, 0.717) is 11.8 Å². The summed E-state index contributed by atoms with van der Waals surface area (Å²) in [4.78, 5) is 10.6. The second kappa shape index (κ2) is 6.60. The van der Waals surface area contributed by atoms with Crippen LogP contribution in [0.4, 0.5) is 0 Å². The standard InChI is InChI=1S/C17H22O3/c1-12-9-13(2)11-15(10-12)20-16-6-4-3-5-14(16)7-8-17(18)19/h3-8,12-13,15H,9-11H2,1-2H3,(H,18,19). The van der Waals surface area contributed by atoms with Gasteiger partial charge in [0.05, 0.1) is 6.10 Å². The van der Waals surface area contributed by atoms with Gasteiger partial charge in [-0.15, -0.1) is 0 Å². The van der Waals surface area contributed by atoms with E-state index in [1.54, 1.807) is 6.08 Å². The van der Waals surface area contributed by atoms with E-state index in [4.69, 9.17) is 9.84 Å². The Kier molecular flexibility index (Phi) is 4.83. The minimum Gasteiger partial charge on any atom is -0.490 e. The van der Waals surface area contributed by atoms with E-state index in [1.807, 2.05) is 24.3 Å². The molecule has 0 amide bonds. The number of rotatable bonds is 4. The van der Waals surface area contributed by atoms with Crippen molar-refractivity contribution in [1.29, 1.82) is 0 Å². The van der Waals surface area contributed by atoms with E-state index in [1.165, 1.54) is 6.42 Å². The lowest BCUT2D eigenvalue weighted by Crippen LogP contribution is -2.28. The molecule has 1 aliphatic carbocycles. The molecule has 108 valence electrons. The molecular weight excluding hydrogens is 252 g/mol. The van der Waals surface area contributed by atoms with Crippen LogP contribution in [0.5, 0.6) is 5.75 Å². The van der Waals surface area contributed by atoms with Crippen molar-refractivity contribution >= 4 is 12.0 Å². The monoisotopic (exact) mass is 274 g/mol. The highest BCUT2D eigenvalue weighted by Crippen LogP contribution is 2.32. The van der Waals surface area contributed by atoms with Crippen LogP contribution in [0.15, 0.2) is 30.3 Å². The smallest absolute Gasteiger partial charge is 0.328 e. The molecule has 2 unspecified atom stereocenters. The van der Waals surface area contributed by atoms with Gasteiger partial charge in [-0.1, -0.05) is 32.0 Å². The third-order valence-electron chi connectivity index (χ3n) is 3.75. The normalized spacial score (nSPS) is 26.6. The molecule has 1 N–H and O–H groups in total. The van der Waals surface area contributed by atoms with Crippen LogP contribution in [0.25, 0.3) is 6.08 Å². The van der Waals surface area contributed by atoms with E-state index < -0.39 is 5.97 Å². The van der Waals surface area contributed by atoms with Gasteiger partial charge < -0.3 is 9.84 Å². The first kappa shape index (κ1) is 14.6. The van der Waals surface area contributed by atoms with Crippen LogP contribution in [0, 0.1) is 11.8 Å². The van der Waals surface area contributed by atoms with E-state index in [2.05, 4.69) is 13.8 Å². The minimum absolute atomic E-state index is 0.230. The molecule has 2 atom stereocenters. The molecule has 3 heteroatoms. The number of carbonyl (C=O) groups is 1. The Morgan fingerprint density at radius 2 is 1.85 bits per heavy atom. The summed E-state index contributed by atoms with van der Waals surface area (Å²) in [5.41, 5.74) is 0.820. The fourth-order valence-electron chi connectivity index (χ4n) is 3.04. The molecule has 0 saturated heterocycles. The summed E-state index contributed by atoms with van der Waals surface area (Å²) in [6, 6.07) is 7.60. The molecule has 0 aromatic heterocycles. The minimum atomic E-state index is -0.945. The Labute approximate surface area is 120 Å². The van der Waals surface area contributed by atoms with E-state index in [0.717, 1.165) is 30.2 Å².